The third-order valence-electron chi connectivity index (χ3n) is 3.85. The van der Waals surface area contributed by atoms with E-state index in [2.05, 4.69) is 21.5 Å². The molecule has 0 saturated carbocycles. The molecule has 3 rings (SSSR count). The fourth-order valence-corrected chi connectivity index (χ4v) is 3.92. The summed E-state index contributed by atoms with van der Waals surface area (Å²) < 4.78 is 25.3. The van der Waals surface area contributed by atoms with Gasteiger partial charge < -0.3 is 4.57 Å². The topological polar surface area (TPSA) is 90.9 Å². The highest BCUT2D eigenvalue weighted by molar-refractivity contribution is 7.98. The number of nitrogens with two attached hydrogens (primary N) is 1. The molecule has 25 heavy (non-hydrogen) atoms. The highest BCUT2D eigenvalue weighted by Gasteiger charge is 2.15. The Hall–Kier alpha value is -1.90. The lowest BCUT2D eigenvalue weighted by Gasteiger charge is -2.08. The highest BCUT2D eigenvalue weighted by Crippen LogP contribution is 2.25. The fraction of sp³-hybridized carbons (Fsp3) is 0.294. The number of rotatable bonds is 7. The zero-order chi connectivity index (χ0) is 17.9. The third-order valence-corrected chi connectivity index (χ3v) is 5.70. The number of primary sulfonamides is 1. The summed E-state index contributed by atoms with van der Waals surface area (Å²) in [5.74, 6) is 1.57. The van der Waals surface area contributed by atoms with E-state index in [1.54, 1.807) is 30.1 Å². The summed E-state index contributed by atoms with van der Waals surface area (Å²) in [6.07, 6.45) is 3.87. The number of hydrogen-bond acceptors (Lipinski definition) is 5. The van der Waals surface area contributed by atoms with Crippen LogP contribution in [0.3, 0.4) is 0 Å². The molecule has 0 saturated heterocycles. The number of fused-ring (bicyclic) bond motifs is 1. The molecule has 0 aliphatic carbocycles. The molecule has 2 heterocycles. The van der Waals surface area contributed by atoms with E-state index in [4.69, 9.17) is 5.14 Å². The normalized spacial score (nSPS) is 11.9. The van der Waals surface area contributed by atoms with Crippen molar-refractivity contribution in [2.45, 2.75) is 42.0 Å². The van der Waals surface area contributed by atoms with E-state index in [9.17, 15) is 8.42 Å². The van der Waals surface area contributed by atoms with Crippen LogP contribution in [-0.2, 0) is 22.3 Å². The smallest absolute Gasteiger partial charge is 0.238 e. The number of aryl methyl sites for hydroxylation is 1. The van der Waals surface area contributed by atoms with Gasteiger partial charge in [-0.25, -0.2) is 23.5 Å². The summed E-state index contributed by atoms with van der Waals surface area (Å²) in [6.45, 7) is 2.99. The summed E-state index contributed by atoms with van der Waals surface area (Å²) >= 11 is 1.61. The zero-order valence-corrected chi connectivity index (χ0v) is 15.6. The zero-order valence-electron chi connectivity index (χ0n) is 13.9. The van der Waals surface area contributed by atoms with Gasteiger partial charge in [0.05, 0.1) is 26.7 Å². The van der Waals surface area contributed by atoms with E-state index in [-0.39, 0.29) is 4.90 Å². The van der Waals surface area contributed by atoms with Gasteiger partial charge in [0.15, 0.2) is 0 Å². The quantitative estimate of drug-likeness (QED) is 0.640. The number of aromatic nitrogens is 3. The molecular formula is C17H20N4O2S2. The minimum atomic E-state index is -3.73. The predicted octanol–water partition coefficient (Wildman–Crippen LogP) is 3.17. The molecule has 0 bridgehead atoms. The van der Waals surface area contributed by atoms with Crippen molar-refractivity contribution in [3.05, 3.63) is 48.4 Å². The Kier molecular flexibility index (Phi) is 5.41. The lowest BCUT2D eigenvalue weighted by Crippen LogP contribution is -2.11. The lowest BCUT2D eigenvalue weighted by molar-refractivity contribution is 0.598. The second kappa shape index (κ2) is 7.55. The molecule has 0 aliphatic heterocycles. The van der Waals surface area contributed by atoms with Gasteiger partial charge in [0.2, 0.25) is 10.0 Å². The van der Waals surface area contributed by atoms with Gasteiger partial charge in [-0.2, -0.15) is 0 Å². The van der Waals surface area contributed by atoms with Gasteiger partial charge in [0.1, 0.15) is 5.82 Å². The van der Waals surface area contributed by atoms with Gasteiger partial charge in [-0.1, -0.05) is 31.2 Å². The third kappa shape index (κ3) is 4.20. The average molecular weight is 377 g/mol. The molecular weight excluding hydrogens is 356 g/mol. The maximum Gasteiger partial charge on any atom is 0.238 e. The molecule has 0 amide bonds. The predicted molar refractivity (Wildman–Crippen MR) is 99.8 cm³/mol. The molecule has 0 spiro atoms. The van der Waals surface area contributed by atoms with E-state index in [1.165, 1.54) is 6.07 Å². The summed E-state index contributed by atoms with van der Waals surface area (Å²) in [6, 6.07) is 10.7. The van der Waals surface area contributed by atoms with Crippen LogP contribution in [0.2, 0.25) is 0 Å². The number of pyridine rings is 1. The summed E-state index contributed by atoms with van der Waals surface area (Å²) in [5, 5.41) is 6.17. The highest BCUT2D eigenvalue weighted by atomic mass is 32.2. The van der Waals surface area contributed by atoms with Crippen LogP contribution in [0.5, 0.6) is 0 Å². The van der Waals surface area contributed by atoms with Crippen molar-refractivity contribution in [3.8, 4) is 0 Å². The Morgan fingerprint density at radius 3 is 2.76 bits per heavy atom. The van der Waals surface area contributed by atoms with Crippen LogP contribution in [0.15, 0.2) is 52.5 Å². The van der Waals surface area contributed by atoms with Gasteiger partial charge in [0, 0.05) is 12.7 Å². The molecule has 132 valence electrons. The lowest BCUT2D eigenvalue weighted by atomic mass is 10.3. The monoisotopic (exact) mass is 376 g/mol. The second-order valence-corrected chi connectivity index (χ2v) is 8.24. The Labute approximate surface area is 151 Å². The molecule has 3 aromatic rings. The molecule has 0 aliphatic rings. The van der Waals surface area contributed by atoms with Gasteiger partial charge >= 0.3 is 0 Å². The van der Waals surface area contributed by atoms with Crippen molar-refractivity contribution in [2.24, 2.45) is 5.14 Å². The molecule has 8 heteroatoms. The van der Waals surface area contributed by atoms with E-state index < -0.39 is 10.0 Å². The minimum absolute atomic E-state index is 0.0871. The van der Waals surface area contributed by atoms with Crippen LogP contribution in [0, 0.1) is 0 Å². The van der Waals surface area contributed by atoms with Crippen molar-refractivity contribution in [2.75, 3.05) is 0 Å². The van der Waals surface area contributed by atoms with Gasteiger partial charge in [-0.3, -0.25) is 0 Å². The van der Waals surface area contributed by atoms with Crippen LogP contribution in [-0.4, -0.2) is 23.0 Å². The fourth-order valence-electron chi connectivity index (χ4n) is 2.58. The first-order chi connectivity index (χ1) is 12.0. The van der Waals surface area contributed by atoms with Crippen molar-refractivity contribution in [3.63, 3.8) is 0 Å². The van der Waals surface area contributed by atoms with Gasteiger partial charge in [-0.15, -0.1) is 0 Å². The van der Waals surface area contributed by atoms with Gasteiger partial charge in [-0.05, 0) is 36.8 Å². The molecule has 0 fully saturated rings. The largest absolute Gasteiger partial charge is 0.327 e. The first-order valence-electron chi connectivity index (χ1n) is 8.05. The molecule has 0 atom stereocenters. The molecule has 6 nitrogen and oxygen atoms in total. The molecule has 2 aromatic heterocycles. The van der Waals surface area contributed by atoms with Crippen molar-refractivity contribution >= 4 is 32.8 Å². The first-order valence-corrected chi connectivity index (χ1v) is 10.6. The number of imidazole rings is 1. The number of unbranched alkanes of at least 4 members (excludes halogenated alkanes) is 1. The molecule has 0 radical (unpaired) electrons. The van der Waals surface area contributed by atoms with Crippen LogP contribution in [0.4, 0.5) is 0 Å². The Bertz CT molecular complexity index is 969. The maximum absolute atomic E-state index is 11.6. The Balaban J connectivity index is 1.97. The van der Waals surface area contributed by atoms with Crippen molar-refractivity contribution in [1.82, 2.24) is 14.5 Å². The standard InChI is InChI=1S/C17H20N4O2S2/c1-2-3-10-21-15-8-7-13(25(18,22)23)11-14(15)20-16(21)12-24-17-6-4-5-9-19-17/h4-9,11H,2-3,10,12H2,1H3,(H2,18,22,23). The van der Waals surface area contributed by atoms with E-state index in [0.717, 1.165) is 35.8 Å². The minimum Gasteiger partial charge on any atom is -0.327 e. The van der Waals surface area contributed by atoms with E-state index >= 15 is 0 Å². The van der Waals surface area contributed by atoms with Crippen molar-refractivity contribution in [1.29, 1.82) is 0 Å². The number of nitrogens with zero attached hydrogens (tertiary/aromatic N) is 3. The van der Waals surface area contributed by atoms with Gasteiger partial charge in [0.25, 0.3) is 0 Å². The Morgan fingerprint density at radius 1 is 1.24 bits per heavy atom. The number of thioether (sulfide) groups is 1. The molecule has 2 N–H and O–H groups in total. The Morgan fingerprint density at radius 2 is 2.08 bits per heavy atom. The summed E-state index contributed by atoms with van der Waals surface area (Å²) in [4.78, 5) is 9.05. The number of benzene rings is 1. The molecule has 1 aromatic carbocycles. The first kappa shape index (κ1) is 17.9. The van der Waals surface area contributed by atoms with Crippen LogP contribution in [0.25, 0.3) is 11.0 Å². The maximum atomic E-state index is 11.6. The number of sulfonamides is 1. The SMILES string of the molecule is CCCCn1c(CSc2ccccn2)nc2cc(S(N)(=O)=O)ccc21. The summed E-state index contributed by atoms with van der Waals surface area (Å²) in [7, 11) is -3.73. The van der Waals surface area contributed by atoms with Crippen LogP contribution in [0.1, 0.15) is 25.6 Å². The second-order valence-electron chi connectivity index (χ2n) is 5.69. The van der Waals surface area contributed by atoms with Crippen LogP contribution < -0.4 is 5.14 Å². The van der Waals surface area contributed by atoms with E-state index in [0.29, 0.717) is 11.3 Å². The van der Waals surface area contributed by atoms with E-state index in [1.807, 2.05) is 18.2 Å². The van der Waals surface area contributed by atoms with Crippen molar-refractivity contribution < 1.29 is 8.42 Å². The number of hydrogen-bond donors (Lipinski definition) is 1. The average Bonchev–Trinajstić information content (AvgIpc) is 2.95. The van der Waals surface area contributed by atoms with Crippen LogP contribution >= 0.6 is 11.8 Å². The molecule has 0 unspecified atom stereocenters. The summed E-state index contributed by atoms with van der Waals surface area (Å²) in [5.41, 5.74) is 1.58.